The predicted octanol–water partition coefficient (Wildman–Crippen LogP) is 5.84. The van der Waals surface area contributed by atoms with Gasteiger partial charge in [0.1, 0.15) is 0 Å². The summed E-state index contributed by atoms with van der Waals surface area (Å²) in [4.78, 5) is 7.12. The molecule has 0 amide bonds. The average molecular weight is 297 g/mol. The number of anilines is 1. The zero-order valence-electron chi connectivity index (χ0n) is 13.8. The second-order valence-electron chi connectivity index (χ2n) is 5.76. The molecule has 0 aromatic carbocycles. The lowest BCUT2D eigenvalue weighted by atomic mass is 9.93. The van der Waals surface area contributed by atoms with Gasteiger partial charge in [0.05, 0.1) is 5.69 Å². The molecule has 2 nitrogen and oxygen atoms in total. The highest BCUT2D eigenvalue weighted by Gasteiger charge is 2.15. The molecule has 0 N–H and O–H groups in total. The van der Waals surface area contributed by atoms with Crippen LogP contribution in [0.2, 0.25) is 0 Å². The molecule has 0 saturated carbocycles. The van der Waals surface area contributed by atoms with Crippen molar-refractivity contribution in [3.05, 3.63) is 11.1 Å². The number of hydrogen-bond donors (Lipinski definition) is 0. The highest BCUT2D eigenvalue weighted by Crippen LogP contribution is 2.31. The first-order valence-electron chi connectivity index (χ1n) is 8.39. The van der Waals surface area contributed by atoms with Crippen molar-refractivity contribution >= 4 is 16.5 Å². The zero-order chi connectivity index (χ0) is 14.8. The van der Waals surface area contributed by atoms with E-state index < -0.39 is 0 Å². The Balaban J connectivity index is 2.59. The lowest BCUT2D eigenvalue weighted by molar-refractivity contribution is 0.502. The van der Waals surface area contributed by atoms with Gasteiger partial charge in [-0.05, 0) is 19.8 Å². The summed E-state index contributed by atoms with van der Waals surface area (Å²) in [5, 5.41) is 3.47. The highest BCUT2D eigenvalue weighted by molar-refractivity contribution is 7.13. The molecule has 3 heteroatoms. The lowest BCUT2D eigenvalue weighted by Gasteiger charge is -2.15. The fraction of sp³-hybridized carbons (Fsp3) is 0.824. The molecule has 0 fully saturated rings. The van der Waals surface area contributed by atoms with Crippen LogP contribution >= 0.6 is 11.3 Å². The molecular formula is C17H32N2S. The Morgan fingerprint density at radius 3 is 2.40 bits per heavy atom. The zero-order valence-corrected chi connectivity index (χ0v) is 14.6. The largest absolute Gasteiger partial charge is 0.351 e. The second kappa shape index (κ2) is 10.2. The van der Waals surface area contributed by atoms with E-state index in [-0.39, 0.29) is 0 Å². The Bertz CT molecular complexity index is 349. The van der Waals surface area contributed by atoms with Crippen LogP contribution in [0.5, 0.6) is 0 Å². The summed E-state index contributed by atoms with van der Waals surface area (Å²) < 4.78 is 0. The van der Waals surface area contributed by atoms with Crippen molar-refractivity contribution < 1.29 is 0 Å². The first-order valence-corrected chi connectivity index (χ1v) is 9.27. The van der Waals surface area contributed by atoms with Gasteiger partial charge in [-0.15, -0.1) is 11.3 Å². The fourth-order valence-electron chi connectivity index (χ4n) is 2.48. The van der Waals surface area contributed by atoms with Crippen molar-refractivity contribution in [3.8, 4) is 0 Å². The van der Waals surface area contributed by atoms with Crippen LogP contribution in [0.15, 0.2) is 5.38 Å². The highest BCUT2D eigenvalue weighted by atomic mass is 32.1. The minimum absolute atomic E-state index is 0.682. The molecule has 1 aromatic rings. The summed E-state index contributed by atoms with van der Waals surface area (Å²) in [7, 11) is 2.13. The summed E-state index contributed by atoms with van der Waals surface area (Å²) in [6.07, 6.45) is 10.7. The van der Waals surface area contributed by atoms with E-state index in [2.05, 4.69) is 38.1 Å². The number of rotatable bonds is 11. The Kier molecular flexibility index (Phi) is 8.92. The van der Waals surface area contributed by atoms with Crippen LogP contribution in [0.1, 0.15) is 83.7 Å². The van der Waals surface area contributed by atoms with Crippen LogP contribution in [0.25, 0.3) is 0 Å². The van der Waals surface area contributed by atoms with Crippen molar-refractivity contribution in [3.63, 3.8) is 0 Å². The van der Waals surface area contributed by atoms with Crippen LogP contribution in [-0.4, -0.2) is 18.6 Å². The van der Waals surface area contributed by atoms with E-state index in [1.165, 1.54) is 62.2 Å². The summed E-state index contributed by atoms with van der Waals surface area (Å²) in [5.74, 6) is 0.682. The summed E-state index contributed by atoms with van der Waals surface area (Å²) in [5.41, 5.74) is 1.34. The molecular weight excluding hydrogens is 264 g/mol. The van der Waals surface area contributed by atoms with E-state index in [0.717, 1.165) is 6.54 Å². The van der Waals surface area contributed by atoms with Crippen molar-refractivity contribution in [1.29, 1.82) is 0 Å². The van der Waals surface area contributed by atoms with E-state index in [9.17, 15) is 0 Å². The maximum absolute atomic E-state index is 4.88. The van der Waals surface area contributed by atoms with Crippen molar-refractivity contribution in [1.82, 2.24) is 4.98 Å². The topological polar surface area (TPSA) is 16.1 Å². The van der Waals surface area contributed by atoms with E-state index >= 15 is 0 Å². The molecule has 0 radical (unpaired) electrons. The van der Waals surface area contributed by atoms with E-state index in [0.29, 0.717) is 5.92 Å². The maximum Gasteiger partial charge on any atom is 0.185 e. The van der Waals surface area contributed by atoms with E-state index in [4.69, 9.17) is 4.98 Å². The Morgan fingerprint density at radius 2 is 1.75 bits per heavy atom. The summed E-state index contributed by atoms with van der Waals surface area (Å²) >= 11 is 1.80. The fourth-order valence-corrected chi connectivity index (χ4v) is 3.42. The van der Waals surface area contributed by atoms with Crippen molar-refractivity contribution in [2.75, 3.05) is 18.5 Å². The summed E-state index contributed by atoms with van der Waals surface area (Å²) in [6.45, 7) is 7.77. The smallest absolute Gasteiger partial charge is 0.185 e. The SMILES string of the molecule is CCCCCCC(CCCC)c1csc(N(C)CC)n1. The van der Waals surface area contributed by atoms with Crippen LogP contribution in [0.3, 0.4) is 0 Å². The van der Waals surface area contributed by atoms with Gasteiger partial charge in [0.2, 0.25) is 0 Å². The van der Waals surface area contributed by atoms with Gasteiger partial charge in [-0.1, -0.05) is 52.4 Å². The van der Waals surface area contributed by atoms with E-state index in [1.54, 1.807) is 11.3 Å². The van der Waals surface area contributed by atoms with Gasteiger partial charge >= 0.3 is 0 Å². The molecule has 0 aliphatic heterocycles. The predicted molar refractivity (Wildman–Crippen MR) is 92.1 cm³/mol. The van der Waals surface area contributed by atoms with Gasteiger partial charge < -0.3 is 4.90 Å². The first kappa shape index (κ1) is 17.5. The normalized spacial score (nSPS) is 12.6. The number of nitrogens with zero attached hydrogens (tertiary/aromatic N) is 2. The molecule has 0 bridgehead atoms. The van der Waals surface area contributed by atoms with Gasteiger partial charge in [-0.3, -0.25) is 0 Å². The van der Waals surface area contributed by atoms with Crippen LogP contribution in [-0.2, 0) is 0 Å². The summed E-state index contributed by atoms with van der Waals surface area (Å²) in [6, 6.07) is 0. The van der Waals surface area contributed by atoms with Crippen molar-refractivity contribution in [2.45, 2.75) is 78.1 Å². The van der Waals surface area contributed by atoms with Gasteiger partial charge in [-0.25, -0.2) is 4.98 Å². The molecule has 116 valence electrons. The number of unbranched alkanes of at least 4 members (excludes halogenated alkanes) is 4. The standard InChI is InChI=1S/C17H32N2S/c1-5-8-10-11-13-15(12-9-6-2)16-14-20-17(18-16)19(4)7-3/h14-15H,5-13H2,1-4H3. The number of aromatic nitrogens is 1. The molecule has 0 aliphatic carbocycles. The lowest BCUT2D eigenvalue weighted by Crippen LogP contribution is -2.15. The second-order valence-corrected chi connectivity index (χ2v) is 6.59. The molecule has 0 saturated heterocycles. The molecule has 0 aliphatic rings. The van der Waals surface area contributed by atoms with Gasteiger partial charge in [0.15, 0.2) is 5.13 Å². The monoisotopic (exact) mass is 296 g/mol. The Hall–Kier alpha value is -0.570. The Labute approximate surface area is 129 Å². The number of hydrogen-bond acceptors (Lipinski definition) is 3. The van der Waals surface area contributed by atoms with Gasteiger partial charge in [0.25, 0.3) is 0 Å². The third-order valence-corrected chi connectivity index (χ3v) is 5.01. The van der Waals surface area contributed by atoms with E-state index in [1.807, 2.05) is 0 Å². The van der Waals surface area contributed by atoms with Crippen molar-refractivity contribution in [2.24, 2.45) is 0 Å². The Morgan fingerprint density at radius 1 is 1.05 bits per heavy atom. The first-order chi connectivity index (χ1) is 9.72. The molecule has 1 rings (SSSR count). The third-order valence-electron chi connectivity index (χ3n) is 4.04. The minimum atomic E-state index is 0.682. The van der Waals surface area contributed by atoms with Crippen LogP contribution in [0.4, 0.5) is 5.13 Å². The van der Waals surface area contributed by atoms with Gasteiger partial charge in [-0.2, -0.15) is 0 Å². The molecule has 1 unspecified atom stereocenters. The quantitative estimate of drug-likeness (QED) is 0.477. The molecule has 1 heterocycles. The molecule has 1 aromatic heterocycles. The van der Waals surface area contributed by atoms with Gasteiger partial charge in [0, 0.05) is 24.9 Å². The maximum atomic E-state index is 4.88. The molecule has 1 atom stereocenters. The van der Waals surface area contributed by atoms with Crippen LogP contribution < -0.4 is 4.90 Å². The molecule has 20 heavy (non-hydrogen) atoms. The third kappa shape index (κ3) is 5.82. The molecule has 0 spiro atoms. The van der Waals surface area contributed by atoms with Crippen LogP contribution in [0, 0.1) is 0 Å². The average Bonchev–Trinajstić information content (AvgIpc) is 2.95. The minimum Gasteiger partial charge on any atom is -0.351 e. The number of thiazole rings is 1.